The number of anilines is 1. The number of ether oxygens (including phenoxy) is 1. The Hall–Kier alpha value is -1.73. The summed E-state index contributed by atoms with van der Waals surface area (Å²) in [7, 11) is -2.09. The van der Waals surface area contributed by atoms with Gasteiger partial charge in [-0.2, -0.15) is 5.10 Å². The molecule has 0 spiro atoms. The van der Waals surface area contributed by atoms with E-state index in [1.807, 2.05) is 13.8 Å². The Kier molecular flexibility index (Phi) is 4.67. The third-order valence-corrected chi connectivity index (χ3v) is 4.81. The molecule has 8 heteroatoms. The van der Waals surface area contributed by atoms with Crippen LogP contribution in [0.3, 0.4) is 0 Å². The lowest BCUT2D eigenvalue weighted by Gasteiger charge is -2.16. The van der Waals surface area contributed by atoms with Crippen molar-refractivity contribution in [2.24, 2.45) is 7.05 Å². The average molecular weight is 344 g/mol. The molecule has 0 bridgehead atoms. The van der Waals surface area contributed by atoms with Gasteiger partial charge in [0.15, 0.2) is 5.75 Å². The number of sulfonamides is 1. The number of aryl methyl sites for hydroxylation is 1. The molecule has 0 aliphatic heterocycles. The standard InChI is InChI=1S/C14H18ClN3O3S/c1-9(2)21-14-11(15)6-5-7-12(14)17-22(19,20)13-8-16-18(4)10(13)3/h5-9,17H,1-4H3. The van der Waals surface area contributed by atoms with E-state index in [1.165, 1.54) is 10.9 Å². The molecule has 1 aromatic carbocycles. The Balaban J connectivity index is 2.42. The van der Waals surface area contributed by atoms with Gasteiger partial charge in [0, 0.05) is 7.05 Å². The molecule has 0 amide bonds. The molecule has 0 aliphatic carbocycles. The molecule has 2 aromatic rings. The lowest BCUT2D eigenvalue weighted by atomic mass is 10.3. The molecule has 6 nitrogen and oxygen atoms in total. The van der Waals surface area contributed by atoms with Crippen LogP contribution in [0.15, 0.2) is 29.3 Å². The van der Waals surface area contributed by atoms with E-state index < -0.39 is 10.0 Å². The van der Waals surface area contributed by atoms with Gasteiger partial charge in [-0.25, -0.2) is 8.42 Å². The smallest absolute Gasteiger partial charge is 0.265 e. The van der Waals surface area contributed by atoms with Crippen molar-refractivity contribution in [3.05, 3.63) is 35.1 Å². The number of hydrogen-bond acceptors (Lipinski definition) is 4. The summed E-state index contributed by atoms with van der Waals surface area (Å²) in [6.45, 7) is 5.37. The zero-order chi connectivity index (χ0) is 16.5. The summed E-state index contributed by atoms with van der Waals surface area (Å²) in [4.78, 5) is 0.116. The first kappa shape index (κ1) is 16.6. The summed E-state index contributed by atoms with van der Waals surface area (Å²) in [6, 6.07) is 4.91. The number of halogens is 1. The van der Waals surface area contributed by atoms with Crippen LogP contribution >= 0.6 is 11.6 Å². The van der Waals surface area contributed by atoms with Crippen LogP contribution in [-0.4, -0.2) is 24.3 Å². The molecule has 0 fully saturated rings. The number of para-hydroxylation sites is 1. The number of nitrogens with one attached hydrogen (secondary N) is 1. The highest BCUT2D eigenvalue weighted by Gasteiger charge is 2.22. The van der Waals surface area contributed by atoms with Crippen molar-refractivity contribution >= 4 is 27.3 Å². The fraction of sp³-hybridized carbons (Fsp3) is 0.357. The number of hydrogen-bond donors (Lipinski definition) is 1. The molecule has 120 valence electrons. The minimum absolute atomic E-state index is 0.116. The first-order valence-corrected chi connectivity index (χ1v) is 8.55. The molecule has 0 saturated heterocycles. The van der Waals surface area contributed by atoms with Crippen molar-refractivity contribution in [2.45, 2.75) is 31.8 Å². The molecule has 0 saturated carbocycles. The van der Waals surface area contributed by atoms with Gasteiger partial charge in [-0.05, 0) is 32.9 Å². The van der Waals surface area contributed by atoms with Gasteiger partial charge in [0.25, 0.3) is 10.0 Å². The molecule has 2 rings (SSSR count). The van der Waals surface area contributed by atoms with Gasteiger partial charge in [0.1, 0.15) is 4.90 Å². The van der Waals surface area contributed by atoms with Crippen LogP contribution < -0.4 is 9.46 Å². The SMILES string of the molecule is Cc1c(S(=O)(=O)Nc2cccc(Cl)c2OC(C)C)cnn1C. The third-order valence-electron chi connectivity index (χ3n) is 3.04. The molecule has 22 heavy (non-hydrogen) atoms. The predicted octanol–water partition coefficient (Wildman–Crippen LogP) is 2.97. The van der Waals surface area contributed by atoms with E-state index in [9.17, 15) is 8.42 Å². The lowest BCUT2D eigenvalue weighted by Crippen LogP contribution is -2.16. The van der Waals surface area contributed by atoms with Gasteiger partial charge in [-0.15, -0.1) is 0 Å². The van der Waals surface area contributed by atoms with E-state index >= 15 is 0 Å². The molecule has 0 aliphatic rings. The molecule has 0 radical (unpaired) electrons. The van der Waals surface area contributed by atoms with Crippen molar-refractivity contribution in [2.75, 3.05) is 4.72 Å². The molecular weight excluding hydrogens is 326 g/mol. The maximum atomic E-state index is 12.5. The molecule has 0 unspecified atom stereocenters. The van der Waals surface area contributed by atoms with Crippen LogP contribution in [0, 0.1) is 6.92 Å². The summed E-state index contributed by atoms with van der Waals surface area (Å²) < 4.78 is 34.7. The van der Waals surface area contributed by atoms with E-state index in [1.54, 1.807) is 32.2 Å². The minimum atomic E-state index is -3.77. The Labute approximate surface area is 135 Å². The summed E-state index contributed by atoms with van der Waals surface area (Å²) in [5, 5.41) is 4.30. The fourth-order valence-corrected chi connectivity index (χ4v) is 3.37. The zero-order valence-electron chi connectivity index (χ0n) is 12.8. The van der Waals surface area contributed by atoms with Crippen LogP contribution in [-0.2, 0) is 17.1 Å². The van der Waals surface area contributed by atoms with E-state index in [0.29, 0.717) is 22.2 Å². The molecule has 1 aromatic heterocycles. The maximum absolute atomic E-state index is 12.5. The molecular formula is C14H18ClN3O3S. The van der Waals surface area contributed by atoms with E-state index in [4.69, 9.17) is 16.3 Å². The van der Waals surface area contributed by atoms with Gasteiger partial charge in [-0.3, -0.25) is 9.40 Å². The lowest BCUT2D eigenvalue weighted by molar-refractivity contribution is 0.244. The Morgan fingerprint density at radius 2 is 2.05 bits per heavy atom. The second kappa shape index (κ2) is 6.18. The first-order chi connectivity index (χ1) is 10.2. The topological polar surface area (TPSA) is 73.2 Å². The van der Waals surface area contributed by atoms with Crippen LogP contribution in [0.5, 0.6) is 5.75 Å². The monoisotopic (exact) mass is 343 g/mol. The van der Waals surface area contributed by atoms with Gasteiger partial charge in [-0.1, -0.05) is 17.7 Å². The minimum Gasteiger partial charge on any atom is -0.487 e. The maximum Gasteiger partial charge on any atom is 0.265 e. The Morgan fingerprint density at radius 1 is 1.36 bits per heavy atom. The first-order valence-electron chi connectivity index (χ1n) is 6.69. The van der Waals surface area contributed by atoms with Crippen LogP contribution in [0.2, 0.25) is 5.02 Å². The van der Waals surface area contributed by atoms with Gasteiger partial charge in [0.2, 0.25) is 0 Å². The highest BCUT2D eigenvalue weighted by Crippen LogP contribution is 2.35. The van der Waals surface area contributed by atoms with E-state index in [-0.39, 0.29) is 11.0 Å². The number of aromatic nitrogens is 2. The zero-order valence-corrected chi connectivity index (χ0v) is 14.4. The van der Waals surface area contributed by atoms with Crippen LogP contribution in [0.1, 0.15) is 19.5 Å². The Bertz CT molecular complexity index is 785. The highest BCUT2D eigenvalue weighted by atomic mass is 35.5. The fourth-order valence-electron chi connectivity index (χ4n) is 1.89. The number of nitrogens with zero attached hydrogens (tertiary/aromatic N) is 2. The van der Waals surface area contributed by atoms with E-state index in [0.717, 1.165) is 0 Å². The summed E-state index contributed by atoms with van der Waals surface area (Å²) in [5.74, 6) is 0.310. The summed E-state index contributed by atoms with van der Waals surface area (Å²) >= 11 is 6.11. The predicted molar refractivity (Wildman–Crippen MR) is 86.0 cm³/mol. The Morgan fingerprint density at radius 3 is 2.59 bits per heavy atom. The molecule has 0 atom stereocenters. The largest absolute Gasteiger partial charge is 0.487 e. The summed E-state index contributed by atoms with van der Waals surface area (Å²) in [5.41, 5.74) is 0.838. The van der Waals surface area contributed by atoms with Crippen molar-refractivity contribution in [1.29, 1.82) is 0 Å². The van der Waals surface area contributed by atoms with E-state index in [2.05, 4.69) is 9.82 Å². The normalized spacial score (nSPS) is 11.7. The van der Waals surface area contributed by atoms with Crippen molar-refractivity contribution in [3.63, 3.8) is 0 Å². The molecule has 1 heterocycles. The van der Waals surface area contributed by atoms with Gasteiger partial charge >= 0.3 is 0 Å². The summed E-state index contributed by atoms with van der Waals surface area (Å²) in [6.07, 6.45) is 1.17. The molecule has 1 N–H and O–H groups in total. The second-order valence-corrected chi connectivity index (χ2v) is 7.16. The van der Waals surface area contributed by atoms with Crippen LogP contribution in [0.25, 0.3) is 0 Å². The third kappa shape index (κ3) is 3.36. The van der Waals surface area contributed by atoms with Crippen LogP contribution in [0.4, 0.5) is 5.69 Å². The second-order valence-electron chi connectivity index (χ2n) is 5.11. The quantitative estimate of drug-likeness (QED) is 0.905. The van der Waals surface area contributed by atoms with Crippen molar-refractivity contribution < 1.29 is 13.2 Å². The van der Waals surface area contributed by atoms with Crippen molar-refractivity contribution in [3.8, 4) is 5.75 Å². The van der Waals surface area contributed by atoms with Gasteiger partial charge < -0.3 is 4.74 Å². The average Bonchev–Trinajstić information content (AvgIpc) is 2.74. The van der Waals surface area contributed by atoms with Crippen molar-refractivity contribution in [1.82, 2.24) is 9.78 Å². The number of benzene rings is 1. The van der Waals surface area contributed by atoms with Gasteiger partial charge in [0.05, 0.1) is 28.7 Å². The number of rotatable bonds is 5. The highest BCUT2D eigenvalue weighted by molar-refractivity contribution is 7.92.